The monoisotopic (exact) mass is 153 g/mol. The second kappa shape index (κ2) is 2.96. The number of carbonyl (C=O) groups excluding carboxylic acids is 1. The third kappa shape index (κ3) is 4.14. The second-order valence-corrected chi connectivity index (χ2v) is 2.65. The molecule has 0 amide bonds. The van der Waals surface area contributed by atoms with Crippen LogP contribution in [0.1, 0.15) is 6.92 Å². The molecular formula is C3H6O5P-. The largest absolute Gasteiger partial charge is 0.746 e. The average molecular weight is 153 g/mol. The van der Waals surface area contributed by atoms with Crippen LogP contribution in [0.15, 0.2) is 0 Å². The summed E-state index contributed by atoms with van der Waals surface area (Å²) in [5.41, 5.74) is 0. The summed E-state index contributed by atoms with van der Waals surface area (Å²) < 4.78 is 17.7. The van der Waals surface area contributed by atoms with Gasteiger partial charge in [-0.25, -0.2) is 0 Å². The van der Waals surface area contributed by atoms with Gasteiger partial charge >= 0.3 is 13.8 Å². The van der Waals surface area contributed by atoms with E-state index in [1.165, 1.54) is 0 Å². The lowest BCUT2D eigenvalue weighted by atomic mass is 10.9. The smallest absolute Gasteiger partial charge is 0.321 e. The molecule has 0 N–H and O–H groups in total. The van der Waals surface area contributed by atoms with Crippen LogP contribution in [-0.2, 0) is 18.4 Å². The number of carbonyl (C=O) groups is 1. The third-order valence-electron chi connectivity index (χ3n) is 0.464. The van der Waals surface area contributed by atoms with E-state index in [9.17, 15) is 14.3 Å². The van der Waals surface area contributed by atoms with Crippen LogP contribution in [0.5, 0.6) is 0 Å². The van der Waals surface area contributed by atoms with Crippen LogP contribution in [0.2, 0.25) is 0 Å². The molecule has 1 unspecified atom stereocenters. The van der Waals surface area contributed by atoms with Crippen molar-refractivity contribution >= 4 is 13.8 Å². The number of rotatable bonds is 2. The molecule has 0 aliphatic rings. The molecule has 0 aliphatic heterocycles. The fraction of sp³-hybridized carbons (Fsp3) is 0.667. The SMILES string of the molecule is COP(=O)([O-])OC(C)=O. The Hall–Kier alpha value is -0.380. The predicted octanol–water partition coefficient (Wildman–Crippen LogP) is -0.336. The summed E-state index contributed by atoms with van der Waals surface area (Å²) in [6.07, 6.45) is 0. The minimum absolute atomic E-state index is 0.907. The molecule has 0 heterocycles. The van der Waals surface area contributed by atoms with Gasteiger partial charge in [-0.05, 0) is 0 Å². The quantitative estimate of drug-likeness (QED) is 0.507. The van der Waals surface area contributed by atoms with E-state index in [0.717, 1.165) is 14.0 Å². The highest BCUT2D eigenvalue weighted by molar-refractivity contribution is 7.46. The summed E-state index contributed by atoms with van der Waals surface area (Å²) in [5.74, 6) is -0.907. The summed E-state index contributed by atoms with van der Waals surface area (Å²) in [4.78, 5) is 20.1. The molecule has 0 aromatic heterocycles. The predicted molar refractivity (Wildman–Crippen MR) is 26.4 cm³/mol. The van der Waals surface area contributed by atoms with E-state index >= 15 is 0 Å². The van der Waals surface area contributed by atoms with Crippen molar-refractivity contribution in [2.75, 3.05) is 7.11 Å². The molecule has 0 saturated heterocycles. The lowest BCUT2D eigenvalue weighted by Gasteiger charge is -2.17. The number of hydrogen-bond acceptors (Lipinski definition) is 5. The summed E-state index contributed by atoms with van der Waals surface area (Å²) in [6, 6.07) is 0. The van der Waals surface area contributed by atoms with E-state index in [0.29, 0.717) is 0 Å². The van der Waals surface area contributed by atoms with Gasteiger partial charge in [-0.2, -0.15) is 0 Å². The Morgan fingerprint density at radius 3 is 2.22 bits per heavy atom. The Bertz CT molecular complexity index is 152. The topological polar surface area (TPSA) is 75.7 Å². The molecule has 0 spiro atoms. The molecule has 0 radical (unpaired) electrons. The van der Waals surface area contributed by atoms with Crippen molar-refractivity contribution in [3.8, 4) is 0 Å². The maximum absolute atomic E-state index is 10.2. The van der Waals surface area contributed by atoms with Gasteiger partial charge in [0.15, 0.2) is 0 Å². The summed E-state index contributed by atoms with van der Waals surface area (Å²) in [6.45, 7) is 0.976. The van der Waals surface area contributed by atoms with Gasteiger partial charge in [0.25, 0.3) is 0 Å². The van der Waals surface area contributed by atoms with Crippen molar-refractivity contribution in [1.82, 2.24) is 0 Å². The van der Waals surface area contributed by atoms with Crippen molar-refractivity contribution in [3.63, 3.8) is 0 Å². The van der Waals surface area contributed by atoms with Gasteiger partial charge in [0.1, 0.15) is 0 Å². The Balaban J connectivity index is 3.88. The van der Waals surface area contributed by atoms with Crippen molar-refractivity contribution in [2.45, 2.75) is 6.92 Å². The van der Waals surface area contributed by atoms with Gasteiger partial charge in [0.2, 0.25) is 0 Å². The highest BCUT2D eigenvalue weighted by atomic mass is 31.2. The maximum atomic E-state index is 10.2. The van der Waals surface area contributed by atoms with Crippen molar-refractivity contribution in [3.05, 3.63) is 0 Å². The van der Waals surface area contributed by atoms with Crippen LogP contribution >= 0.6 is 7.82 Å². The molecule has 0 aliphatic carbocycles. The standard InChI is InChI=1S/C3H7O5P/c1-3(4)8-9(5,6)7-2/h1-2H3,(H,5,6)/p-1. The fourth-order valence-corrected chi connectivity index (χ4v) is 0.584. The van der Waals surface area contributed by atoms with Crippen LogP contribution in [0.3, 0.4) is 0 Å². The first-order valence-corrected chi connectivity index (χ1v) is 3.51. The molecule has 6 heteroatoms. The van der Waals surface area contributed by atoms with Crippen molar-refractivity contribution < 1.29 is 23.3 Å². The van der Waals surface area contributed by atoms with Crippen LogP contribution < -0.4 is 4.89 Å². The molecule has 0 saturated carbocycles. The minimum atomic E-state index is -4.33. The Morgan fingerprint density at radius 1 is 1.67 bits per heavy atom. The lowest BCUT2D eigenvalue weighted by molar-refractivity contribution is -0.221. The Morgan fingerprint density at radius 2 is 2.11 bits per heavy atom. The first kappa shape index (κ1) is 8.62. The molecular weight excluding hydrogens is 147 g/mol. The minimum Gasteiger partial charge on any atom is -0.746 e. The summed E-state index contributed by atoms with van der Waals surface area (Å²) >= 11 is 0. The van der Waals surface area contributed by atoms with E-state index in [-0.39, 0.29) is 0 Å². The van der Waals surface area contributed by atoms with E-state index in [4.69, 9.17) is 0 Å². The molecule has 9 heavy (non-hydrogen) atoms. The number of phosphoric acid groups is 1. The highest BCUT2D eigenvalue weighted by Crippen LogP contribution is 2.36. The first-order valence-electron chi connectivity index (χ1n) is 2.05. The fourth-order valence-electron chi connectivity index (χ4n) is 0.195. The van der Waals surface area contributed by atoms with Gasteiger partial charge in [-0.1, -0.05) is 0 Å². The van der Waals surface area contributed by atoms with E-state index in [2.05, 4.69) is 9.05 Å². The molecule has 5 nitrogen and oxygen atoms in total. The van der Waals surface area contributed by atoms with Crippen LogP contribution in [0.4, 0.5) is 0 Å². The summed E-state index contributed by atoms with van der Waals surface area (Å²) in [7, 11) is -3.42. The van der Waals surface area contributed by atoms with E-state index in [1.54, 1.807) is 0 Å². The summed E-state index contributed by atoms with van der Waals surface area (Å²) in [5, 5.41) is 0. The van der Waals surface area contributed by atoms with E-state index < -0.39 is 13.8 Å². The highest BCUT2D eigenvalue weighted by Gasteiger charge is 2.08. The van der Waals surface area contributed by atoms with Gasteiger partial charge in [-0.15, -0.1) is 0 Å². The van der Waals surface area contributed by atoms with Gasteiger partial charge < -0.3 is 13.9 Å². The van der Waals surface area contributed by atoms with Gasteiger partial charge in [-0.3, -0.25) is 9.36 Å². The maximum Gasteiger partial charge on any atom is 0.321 e. The Kier molecular flexibility index (Phi) is 2.84. The zero-order valence-corrected chi connectivity index (χ0v) is 5.88. The molecule has 0 bridgehead atoms. The van der Waals surface area contributed by atoms with E-state index in [1.807, 2.05) is 0 Å². The van der Waals surface area contributed by atoms with Crippen molar-refractivity contribution in [1.29, 1.82) is 0 Å². The molecule has 0 aromatic rings. The van der Waals surface area contributed by atoms with Crippen LogP contribution in [0, 0.1) is 0 Å². The molecule has 54 valence electrons. The first-order chi connectivity index (χ1) is 3.98. The van der Waals surface area contributed by atoms with Gasteiger partial charge in [0, 0.05) is 14.0 Å². The normalized spacial score (nSPS) is 16.3. The van der Waals surface area contributed by atoms with Crippen molar-refractivity contribution in [2.24, 2.45) is 0 Å². The number of hydrogen-bond donors (Lipinski definition) is 0. The molecule has 0 rings (SSSR count). The number of phosphoric ester groups is 1. The van der Waals surface area contributed by atoms with Gasteiger partial charge in [0.05, 0.1) is 0 Å². The second-order valence-electron chi connectivity index (χ2n) is 1.21. The molecule has 0 aromatic carbocycles. The zero-order valence-electron chi connectivity index (χ0n) is 4.99. The zero-order chi connectivity index (χ0) is 7.49. The third-order valence-corrected chi connectivity index (χ3v) is 1.39. The average Bonchev–Trinajstić information content (AvgIpc) is 1.63. The van der Waals surface area contributed by atoms with Crippen LogP contribution in [-0.4, -0.2) is 13.1 Å². The Labute approximate surface area is 52.2 Å². The van der Waals surface area contributed by atoms with Crippen LogP contribution in [0.25, 0.3) is 0 Å². The lowest BCUT2D eigenvalue weighted by Crippen LogP contribution is -2.08. The molecule has 1 atom stereocenters. The molecule has 0 fully saturated rings.